The molecule has 2 rings (SSSR count). The Hall–Kier alpha value is -0.681. The molecule has 0 saturated heterocycles. The van der Waals surface area contributed by atoms with Crippen LogP contribution in [0.3, 0.4) is 0 Å². The van der Waals surface area contributed by atoms with Crippen molar-refractivity contribution in [2.24, 2.45) is 5.73 Å². The van der Waals surface area contributed by atoms with Crippen molar-refractivity contribution in [3.63, 3.8) is 0 Å². The summed E-state index contributed by atoms with van der Waals surface area (Å²) in [7, 11) is 0. The summed E-state index contributed by atoms with van der Waals surface area (Å²) in [5.74, 6) is 0. The van der Waals surface area contributed by atoms with Crippen LogP contribution < -0.4 is 11.9 Å². The smallest absolute Gasteiger partial charge is 0.0425 e. The minimum atomic E-state index is -0.332. The topological polar surface area (TPSA) is 86.8 Å². The zero-order valence-electron chi connectivity index (χ0n) is 13.7. The minimum Gasteiger partial charge on any atom is -0.344 e. The van der Waals surface area contributed by atoms with Crippen molar-refractivity contribution in [3.8, 4) is 0 Å². The van der Waals surface area contributed by atoms with E-state index in [-0.39, 0.29) is 53.6 Å². The molecule has 0 aliphatic rings. The second kappa shape index (κ2) is 11.8. The first-order valence-electron chi connectivity index (χ1n) is 6.59. The second-order valence-corrected chi connectivity index (χ2v) is 5.55. The largest absolute Gasteiger partial charge is 0.344 e. The summed E-state index contributed by atoms with van der Waals surface area (Å²) in [6.07, 6.45) is 1.51. The van der Waals surface area contributed by atoms with Crippen LogP contribution in [0.2, 0.25) is 0 Å². The molecule has 0 atom stereocenters. The Bertz CT molecular complexity index is 530. The van der Waals surface area contributed by atoms with E-state index in [0.29, 0.717) is 0 Å². The second-order valence-electron chi connectivity index (χ2n) is 5.55. The Kier molecular flexibility index (Phi) is 13.9. The van der Waals surface area contributed by atoms with Crippen molar-refractivity contribution in [1.29, 1.82) is 0 Å². The molecule has 0 bridgehead atoms. The SMILES string of the molecule is Cc1cccc(CC(C)(N)Cc2cccc(C)n2)n1.Cl.Cl.N.[Fe]. The van der Waals surface area contributed by atoms with Gasteiger partial charge in [-0.15, -0.1) is 24.8 Å². The van der Waals surface area contributed by atoms with Crippen LogP contribution in [0, 0.1) is 13.8 Å². The first-order valence-corrected chi connectivity index (χ1v) is 6.59. The van der Waals surface area contributed by atoms with Crippen LogP contribution in [0.5, 0.6) is 0 Å². The van der Waals surface area contributed by atoms with Gasteiger partial charge in [-0.3, -0.25) is 9.97 Å². The maximum atomic E-state index is 6.40. The molecular weight excluding hydrogens is 375 g/mol. The third kappa shape index (κ3) is 9.26. The molecule has 0 saturated carbocycles. The Morgan fingerprint density at radius 3 is 1.52 bits per heavy atom. The number of aryl methyl sites for hydroxylation is 2. The Balaban J connectivity index is -0.000001000. The maximum Gasteiger partial charge on any atom is 0.0425 e. The van der Waals surface area contributed by atoms with Gasteiger partial charge >= 0.3 is 0 Å². The van der Waals surface area contributed by atoms with E-state index < -0.39 is 0 Å². The molecule has 0 aromatic carbocycles. The van der Waals surface area contributed by atoms with E-state index in [4.69, 9.17) is 5.73 Å². The van der Waals surface area contributed by atoms with Gasteiger partial charge in [0.2, 0.25) is 0 Å². The summed E-state index contributed by atoms with van der Waals surface area (Å²) >= 11 is 0. The van der Waals surface area contributed by atoms with Crippen LogP contribution in [0.1, 0.15) is 29.7 Å². The van der Waals surface area contributed by atoms with Crippen molar-refractivity contribution >= 4 is 24.8 Å². The van der Waals surface area contributed by atoms with Crippen molar-refractivity contribution in [2.75, 3.05) is 0 Å². The van der Waals surface area contributed by atoms with Crippen molar-refractivity contribution in [3.05, 3.63) is 59.2 Å². The van der Waals surface area contributed by atoms with E-state index in [2.05, 4.69) is 16.9 Å². The fraction of sp³-hybridized carbons (Fsp3) is 0.375. The number of nitrogens with two attached hydrogens (primary N) is 1. The summed E-state index contributed by atoms with van der Waals surface area (Å²) in [5, 5.41) is 0. The third-order valence-corrected chi connectivity index (χ3v) is 3.06. The molecule has 5 N–H and O–H groups in total. The molecule has 0 aliphatic heterocycles. The predicted octanol–water partition coefficient (Wildman–Crippen LogP) is 3.60. The Morgan fingerprint density at radius 1 is 0.870 bits per heavy atom. The predicted molar refractivity (Wildman–Crippen MR) is 97.5 cm³/mol. The number of hydrogen-bond acceptors (Lipinski definition) is 4. The summed E-state index contributed by atoms with van der Waals surface area (Å²) in [6, 6.07) is 12.1. The fourth-order valence-electron chi connectivity index (χ4n) is 2.29. The molecule has 23 heavy (non-hydrogen) atoms. The molecule has 132 valence electrons. The van der Waals surface area contributed by atoms with E-state index >= 15 is 0 Å². The molecule has 2 aromatic rings. The van der Waals surface area contributed by atoms with Crippen molar-refractivity contribution in [2.45, 2.75) is 39.2 Å². The molecule has 0 amide bonds. The fourth-order valence-corrected chi connectivity index (χ4v) is 2.29. The first kappa shape index (κ1) is 27.2. The molecule has 0 aliphatic carbocycles. The Labute approximate surface area is 161 Å². The molecule has 4 nitrogen and oxygen atoms in total. The van der Waals surface area contributed by atoms with E-state index in [1.165, 1.54) is 0 Å². The van der Waals surface area contributed by atoms with Crippen LogP contribution >= 0.6 is 24.8 Å². The number of rotatable bonds is 4. The van der Waals surface area contributed by atoms with E-state index in [1.54, 1.807) is 0 Å². The van der Waals surface area contributed by atoms with Gasteiger partial charge in [0, 0.05) is 58.2 Å². The summed E-state index contributed by atoms with van der Waals surface area (Å²) < 4.78 is 0. The van der Waals surface area contributed by atoms with Gasteiger partial charge in [-0.25, -0.2) is 0 Å². The van der Waals surface area contributed by atoms with Crippen LogP contribution in [-0.2, 0) is 29.9 Å². The maximum absolute atomic E-state index is 6.40. The molecule has 0 fully saturated rings. The number of hydrogen-bond donors (Lipinski definition) is 2. The minimum absolute atomic E-state index is 0. The van der Waals surface area contributed by atoms with Gasteiger partial charge in [-0.2, -0.15) is 0 Å². The van der Waals surface area contributed by atoms with Crippen LogP contribution in [0.15, 0.2) is 36.4 Å². The molecule has 2 aromatic heterocycles. The standard InChI is InChI=1S/C16H21N3.2ClH.Fe.H3N/c1-12-6-4-8-14(18-12)10-16(3,17)11-15-9-5-7-13(2)19-15;;;;/h4-9H,10-11,17H2,1-3H3;2*1H;;1H3. The van der Waals surface area contributed by atoms with Gasteiger partial charge in [0.15, 0.2) is 0 Å². The quantitative estimate of drug-likeness (QED) is 0.767. The van der Waals surface area contributed by atoms with Crippen molar-refractivity contribution < 1.29 is 17.1 Å². The third-order valence-electron chi connectivity index (χ3n) is 3.06. The van der Waals surface area contributed by atoms with Crippen LogP contribution in [0.25, 0.3) is 0 Å². The van der Waals surface area contributed by atoms with E-state index in [9.17, 15) is 0 Å². The van der Waals surface area contributed by atoms with Crippen molar-refractivity contribution in [1.82, 2.24) is 16.1 Å². The number of pyridine rings is 2. The molecule has 0 radical (unpaired) electrons. The normalized spacial score (nSPS) is 9.57. The van der Waals surface area contributed by atoms with E-state index in [0.717, 1.165) is 35.6 Å². The van der Waals surface area contributed by atoms with Gasteiger partial charge in [-0.1, -0.05) is 12.1 Å². The van der Waals surface area contributed by atoms with E-state index in [1.807, 2.05) is 50.2 Å². The molecular formula is C16H26Cl2FeN4. The van der Waals surface area contributed by atoms with Crippen LogP contribution in [0.4, 0.5) is 0 Å². The Morgan fingerprint density at radius 2 is 1.22 bits per heavy atom. The van der Waals surface area contributed by atoms with Gasteiger partial charge in [0.05, 0.1) is 0 Å². The summed E-state index contributed by atoms with van der Waals surface area (Å²) in [4.78, 5) is 9.03. The number of aromatic nitrogens is 2. The van der Waals surface area contributed by atoms with Gasteiger partial charge in [-0.05, 0) is 45.0 Å². The van der Waals surface area contributed by atoms with Gasteiger partial charge in [0.25, 0.3) is 0 Å². The molecule has 2 heterocycles. The summed E-state index contributed by atoms with van der Waals surface area (Å²) in [5.41, 5.74) is 10.2. The first-order chi connectivity index (χ1) is 8.94. The molecule has 7 heteroatoms. The zero-order valence-corrected chi connectivity index (χ0v) is 16.5. The monoisotopic (exact) mass is 400 g/mol. The average molecular weight is 401 g/mol. The molecule has 0 spiro atoms. The zero-order chi connectivity index (χ0) is 13.9. The summed E-state index contributed by atoms with van der Waals surface area (Å²) in [6.45, 7) is 6.06. The number of nitrogens with zero attached hydrogens (tertiary/aromatic N) is 2. The average Bonchev–Trinajstić information content (AvgIpc) is 2.27. The van der Waals surface area contributed by atoms with Gasteiger partial charge < -0.3 is 11.9 Å². The van der Waals surface area contributed by atoms with Crippen LogP contribution in [-0.4, -0.2) is 15.5 Å². The van der Waals surface area contributed by atoms with Gasteiger partial charge in [0.1, 0.15) is 0 Å². The molecule has 0 unspecified atom stereocenters. The number of halogens is 2.